The molecule has 0 radical (unpaired) electrons. The molecule has 2 atom stereocenters. The fourth-order valence-electron chi connectivity index (χ4n) is 4.97. The molecule has 3 aliphatic heterocycles. The summed E-state index contributed by atoms with van der Waals surface area (Å²) >= 11 is 5.92. The van der Waals surface area contributed by atoms with E-state index in [2.05, 4.69) is 22.3 Å². The van der Waals surface area contributed by atoms with Crippen LogP contribution in [0.25, 0.3) is 0 Å². The van der Waals surface area contributed by atoms with Crippen LogP contribution in [0.4, 0.5) is 0 Å². The first-order valence-electron chi connectivity index (χ1n) is 10.3. The molecule has 2 aromatic rings. The van der Waals surface area contributed by atoms with Gasteiger partial charge in [0.1, 0.15) is 0 Å². The lowest BCUT2D eigenvalue weighted by Crippen LogP contribution is -2.50. The fourth-order valence-corrected chi connectivity index (χ4v) is 5.09. The molecule has 5 rings (SSSR count). The molecule has 3 aliphatic rings. The third-order valence-corrected chi connectivity index (χ3v) is 6.58. The van der Waals surface area contributed by atoms with E-state index >= 15 is 0 Å². The Morgan fingerprint density at radius 3 is 2.45 bits per heavy atom. The van der Waals surface area contributed by atoms with E-state index in [1.807, 2.05) is 30.3 Å². The van der Waals surface area contributed by atoms with Gasteiger partial charge in [0, 0.05) is 29.7 Å². The Balaban J connectivity index is 1.18. The summed E-state index contributed by atoms with van der Waals surface area (Å²) in [5.74, 6) is 1.78. The lowest BCUT2D eigenvalue weighted by atomic mass is 9.96. The van der Waals surface area contributed by atoms with Crippen LogP contribution in [0, 0.1) is 0 Å². The molecule has 1 N–H and O–H groups in total. The summed E-state index contributed by atoms with van der Waals surface area (Å²) in [6, 6.07) is 15.1. The van der Waals surface area contributed by atoms with Gasteiger partial charge < -0.3 is 14.8 Å². The molecule has 29 heavy (non-hydrogen) atoms. The normalized spacial score (nSPS) is 25.2. The third-order valence-electron chi connectivity index (χ3n) is 6.33. The summed E-state index contributed by atoms with van der Waals surface area (Å²) < 4.78 is 10.9. The Labute approximate surface area is 175 Å². The molecule has 0 saturated carbocycles. The van der Waals surface area contributed by atoms with Crippen LogP contribution in [0.5, 0.6) is 11.5 Å². The van der Waals surface area contributed by atoms with Crippen molar-refractivity contribution in [2.24, 2.45) is 0 Å². The van der Waals surface area contributed by atoms with Crippen LogP contribution in [0.15, 0.2) is 42.5 Å². The van der Waals surface area contributed by atoms with Crippen LogP contribution in [-0.2, 0) is 17.8 Å². The van der Waals surface area contributed by atoms with E-state index in [4.69, 9.17) is 21.1 Å². The number of nitrogens with one attached hydrogen (secondary N) is 1. The molecule has 2 saturated heterocycles. The summed E-state index contributed by atoms with van der Waals surface area (Å²) in [4.78, 5) is 15.1. The van der Waals surface area contributed by atoms with E-state index < -0.39 is 0 Å². The number of amides is 1. The standard InChI is InChI=1S/C23H25ClN2O3/c24-17-4-1-15(2-5-17)10-23(27)25-18-11-19-6-7-20(12-18)26(19)13-16-3-8-21-22(9-16)29-14-28-21/h1-5,8-9,18-20H,6-7,10-14H2,(H,25,27). The summed E-state index contributed by atoms with van der Waals surface area (Å²) in [6.45, 7) is 1.24. The van der Waals surface area contributed by atoms with Gasteiger partial charge in [0.2, 0.25) is 12.7 Å². The minimum absolute atomic E-state index is 0.0981. The number of carbonyl (C=O) groups is 1. The highest BCUT2D eigenvalue weighted by molar-refractivity contribution is 6.30. The van der Waals surface area contributed by atoms with Gasteiger partial charge in [-0.05, 0) is 61.1 Å². The molecule has 2 aromatic carbocycles. The maximum absolute atomic E-state index is 12.5. The van der Waals surface area contributed by atoms with Crippen molar-refractivity contribution < 1.29 is 14.3 Å². The van der Waals surface area contributed by atoms with Gasteiger partial charge in [-0.2, -0.15) is 0 Å². The number of hydrogen-bond donors (Lipinski definition) is 1. The number of hydrogen-bond acceptors (Lipinski definition) is 4. The summed E-state index contributed by atoms with van der Waals surface area (Å²) in [7, 11) is 0. The van der Waals surface area contributed by atoms with E-state index in [9.17, 15) is 4.79 Å². The van der Waals surface area contributed by atoms with Gasteiger partial charge in [0.15, 0.2) is 11.5 Å². The number of ether oxygens (including phenoxy) is 2. The molecule has 0 aromatic heterocycles. The SMILES string of the molecule is O=C(Cc1ccc(Cl)cc1)NC1CC2CCC(C1)N2Cc1ccc2c(c1)OCO2. The maximum atomic E-state index is 12.5. The average Bonchev–Trinajstić information content (AvgIpc) is 3.25. The topological polar surface area (TPSA) is 50.8 Å². The minimum atomic E-state index is 0.0981. The monoisotopic (exact) mass is 412 g/mol. The van der Waals surface area contributed by atoms with Crippen LogP contribution in [0.1, 0.15) is 36.8 Å². The molecule has 2 unspecified atom stereocenters. The molecular weight excluding hydrogens is 388 g/mol. The van der Waals surface area contributed by atoms with Gasteiger partial charge >= 0.3 is 0 Å². The second-order valence-electron chi connectivity index (χ2n) is 8.28. The largest absolute Gasteiger partial charge is 0.454 e. The minimum Gasteiger partial charge on any atom is -0.454 e. The van der Waals surface area contributed by atoms with Gasteiger partial charge in [-0.15, -0.1) is 0 Å². The van der Waals surface area contributed by atoms with Gasteiger partial charge in [-0.25, -0.2) is 0 Å². The van der Waals surface area contributed by atoms with E-state index in [-0.39, 0.29) is 11.9 Å². The number of benzene rings is 2. The summed E-state index contributed by atoms with van der Waals surface area (Å²) in [5.41, 5.74) is 2.26. The molecule has 0 spiro atoms. The molecule has 1 amide bonds. The second kappa shape index (κ2) is 7.88. The van der Waals surface area contributed by atoms with Crippen molar-refractivity contribution in [2.45, 2.75) is 56.8 Å². The first-order chi connectivity index (χ1) is 14.1. The summed E-state index contributed by atoms with van der Waals surface area (Å²) in [5, 5.41) is 3.96. The molecule has 2 bridgehead atoms. The number of rotatable bonds is 5. The Hall–Kier alpha value is -2.24. The lowest BCUT2D eigenvalue weighted by Gasteiger charge is -2.39. The van der Waals surface area contributed by atoms with Crippen molar-refractivity contribution >= 4 is 17.5 Å². The van der Waals surface area contributed by atoms with E-state index in [1.54, 1.807) is 0 Å². The van der Waals surface area contributed by atoms with Crippen LogP contribution < -0.4 is 14.8 Å². The molecule has 2 fully saturated rings. The zero-order chi connectivity index (χ0) is 19.8. The Kier molecular flexibility index (Phi) is 5.10. The highest BCUT2D eigenvalue weighted by atomic mass is 35.5. The first-order valence-corrected chi connectivity index (χ1v) is 10.7. The van der Waals surface area contributed by atoms with Gasteiger partial charge in [-0.1, -0.05) is 29.8 Å². The molecule has 5 nitrogen and oxygen atoms in total. The third kappa shape index (κ3) is 4.07. The smallest absolute Gasteiger partial charge is 0.231 e. The average molecular weight is 413 g/mol. The van der Waals surface area contributed by atoms with Gasteiger partial charge in [0.05, 0.1) is 6.42 Å². The summed E-state index contributed by atoms with van der Waals surface area (Å²) in [6.07, 6.45) is 4.86. The molecular formula is C23H25ClN2O3. The van der Waals surface area contributed by atoms with Crippen LogP contribution >= 0.6 is 11.6 Å². The van der Waals surface area contributed by atoms with Crippen molar-refractivity contribution in [1.82, 2.24) is 10.2 Å². The number of fused-ring (bicyclic) bond motifs is 3. The predicted octanol–water partition coefficient (Wildman–Crippen LogP) is 3.92. The van der Waals surface area contributed by atoms with Crippen molar-refractivity contribution in [3.05, 3.63) is 58.6 Å². The Morgan fingerprint density at radius 2 is 1.69 bits per heavy atom. The Bertz CT molecular complexity index is 887. The zero-order valence-corrected chi connectivity index (χ0v) is 17.0. The number of halogens is 1. The quantitative estimate of drug-likeness (QED) is 0.808. The molecule has 152 valence electrons. The van der Waals surface area contributed by atoms with E-state index in [0.717, 1.165) is 36.4 Å². The Morgan fingerprint density at radius 1 is 1.00 bits per heavy atom. The van der Waals surface area contributed by atoms with Crippen molar-refractivity contribution in [2.75, 3.05) is 6.79 Å². The van der Waals surface area contributed by atoms with Crippen LogP contribution in [0.2, 0.25) is 5.02 Å². The lowest BCUT2D eigenvalue weighted by molar-refractivity contribution is -0.121. The zero-order valence-electron chi connectivity index (χ0n) is 16.3. The number of carbonyl (C=O) groups excluding carboxylic acids is 1. The van der Waals surface area contributed by atoms with Crippen LogP contribution in [-0.4, -0.2) is 35.7 Å². The molecule has 6 heteroatoms. The number of nitrogens with zero attached hydrogens (tertiary/aromatic N) is 1. The number of piperidine rings is 1. The molecule has 3 heterocycles. The molecule has 0 aliphatic carbocycles. The van der Waals surface area contributed by atoms with Crippen molar-refractivity contribution in [3.8, 4) is 11.5 Å². The van der Waals surface area contributed by atoms with E-state index in [0.29, 0.717) is 30.3 Å². The highest BCUT2D eigenvalue weighted by Crippen LogP contribution is 2.38. The second-order valence-corrected chi connectivity index (χ2v) is 8.72. The van der Waals surface area contributed by atoms with Gasteiger partial charge in [-0.3, -0.25) is 9.69 Å². The highest BCUT2D eigenvalue weighted by Gasteiger charge is 2.41. The maximum Gasteiger partial charge on any atom is 0.231 e. The fraction of sp³-hybridized carbons (Fsp3) is 0.435. The van der Waals surface area contributed by atoms with Gasteiger partial charge in [0.25, 0.3) is 0 Å². The predicted molar refractivity (Wildman–Crippen MR) is 111 cm³/mol. The van der Waals surface area contributed by atoms with E-state index in [1.165, 1.54) is 18.4 Å². The van der Waals surface area contributed by atoms with Crippen LogP contribution in [0.3, 0.4) is 0 Å². The van der Waals surface area contributed by atoms with Crippen molar-refractivity contribution in [1.29, 1.82) is 0 Å². The first kappa shape index (κ1) is 18.8. The van der Waals surface area contributed by atoms with Crippen molar-refractivity contribution in [3.63, 3.8) is 0 Å².